The zero-order valence-corrected chi connectivity index (χ0v) is 14.1. The number of aromatic nitrogens is 1. The van der Waals surface area contributed by atoms with Gasteiger partial charge in [-0.15, -0.1) is 0 Å². The van der Waals surface area contributed by atoms with E-state index in [1.54, 1.807) is 19.3 Å². The summed E-state index contributed by atoms with van der Waals surface area (Å²) in [5.74, 6) is 0.000340. The van der Waals surface area contributed by atoms with Crippen LogP contribution < -0.4 is 10.2 Å². The van der Waals surface area contributed by atoms with Crippen molar-refractivity contribution < 1.29 is 9.59 Å². The maximum Gasteiger partial charge on any atom is 0.252 e. The van der Waals surface area contributed by atoms with Crippen molar-refractivity contribution in [3.63, 3.8) is 0 Å². The molecule has 2 amide bonds. The van der Waals surface area contributed by atoms with Crippen molar-refractivity contribution in [1.82, 2.24) is 20.1 Å². The predicted octanol–water partition coefficient (Wildman–Crippen LogP) is 0.0415. The number of rotatable bonds is 5. The minimum atomic E-state index is -0.108. The third-order valence-electron chi connectivity index (χ3n) is 3.92. The Kier molecular flexibility index (Phi) is 5.92. The lowest BCUT2D eigenvalue weighted by Gasteiger charge is -2.35. The van der Waals surface area contributed by atoms with E-state index in [0.29, 0.717) is 25.2 Å². The lowest BCUT2D eigenvalue weighted by Crippen LogP contribution is -2.48. The average Bonchev–Trinajstić information content (AvgIpc) is 2.54. The molecule has 2 rings (SSSR count). The summed E-state index contributed by atoms with van der Waals surface area (Å²) < 4.78 is 0. The van der Waals surface area contributed by atoms with Crippen LogP contribution in [0.4, 0.5) is 5.69 Å². The number of hydrogen-bond donors (Lipinski definition) is 1. The summed E-state index contributed by atoms with van der Waals surface area (Å²) >= 11 is 0. The second kappa shape index (κ2) is 7.92. The van der Waals surface area contributed by atoms with Gasteiger partial charge in [0.25, 0.3) is 5.91 Å². The third kappa shape index (κ3) is 4.92. The van der Waals surface area contributed by atoms with Crippen LogP contribution in [-0.2, 0) is 4.79 Å². The Balaban J connectivity index is 1.94. The minimum absolute atomic E-state index is 0.108. The first-order valence-electron chi connectivity index (χ1n) is 7.86. The lowest BCUT2D eigenvalue weighted by atomic mass is 10.2. The molecule has 7 heteroatoms. The molecule has 0 unspecified atom stereocenters. The molecule has 1 aliphatic heterocycles. The van der Waals surface area contributed by atoms with Crippen LogP contribution in [0.1, 0.15) is 17.3 Å². The van der Waals surface area contributed by atoms with Gasteiger partial charge in [0, 0.05) is 52.4 Å². The largest absolute Gasteiger partial charge is 0.367 e. The van der Waals surface area contributed by atoms with Crippen LogP contribution >= 0.6 is 0 Å². The van der Waals surface area contributed by atoms with Gasteiger partial charge in [-0.1, -0.05) is 0 Å². The number of pyridine rings is 1. The summed E-state index contributed by atoms with van der Waals surface area (Å²) in [7, 11) is 3.93. The predicted molar refractivity (Wildman–Crippen MR) is 89.6 cm³/mol. The normalized spacial score (nSPS) is 15.0. The Morgan fingerprint density at radius 2 is 1.91 bits per heavy atom. The molecule has 1 aromatic rings. The summed E-state index contributed by atoms with van der Waals surface area (Å²) in [6.07, 6.45) is 3.35. The van der Waals surface area contributed by atoms with Gasteiger partial charge in [-0.25, -0.2) is 0 Å². The Labute approximate surface area is 137 Å². The molecule has 23 heavy (non-hydrogen) atoms. The Hall–Kier alpha value is -2.15. The SMILES string of the molecule is CC(=O)N1CCN(c2cncc(C(=O)NCCN(C)C)c2)CC1. The van der Waals surface area contributed by atoms with E-state index in [1.807, 2.05) is 30.0 Å². The number of nitrogens with one attached hydrogen (secondary N) is 1. The summed E-state index contributed by atoms with van der Waals surface area (Å²) in [6, 6.07) is 1.86. The number of nitrogens with zero attached hydrogens (tertiary/aromatic N) is 4. The first-order chi connectivity index (χ1) is 11.0. The van der Waals surface area contributed by atoms with Crippen LogP contribution in [0.3, 0.4) is 0 Å². The molecule has 0 aliphatic carbocycles. The molecule has 0 aromatic carbocycles. The van der Waals surface area contributed by atoms with E-state index in [1.165, 1.54) is 0 Å². The van der Waals surface area contributed by atoms with Gasteiger partial charge < -0.3 is 20.0 Å². The fourth-order valence-corrected chi connectivity index (χ4v) is 2.50. The Morgan fingerprint density at radius 1 is 1.22 bits per heavy atom. The van der Waals surface area contributed by atoms with Crippen molar-refractivity contribution in [3.05, 3.63) is 24.0 Å². The van der Waals surface area contributed by atoms with E-state index in [4.69, 9.17) is 0 Å². The zero-order chi connectivity index (χ0) is 16.8. The van der Waals surface area contributed by atoms with Crippen LogP contribution in [0.2, 0.25) is 0 Å². The van der Waals surface area contributed by atoms with Crippen molar-refractivity contribution in [2.45, 2.75) is 6.92 Å². The van der Waals surface area contributed by atoms with Crippen molar-refractivity contribution in [1.29, 1.82) is 0 Å². The van der Waals surface area contributed by atoms with E-state index < -0.39 is 0 Å². The van der Waals surface area contributed by atoms with Crippen LogP contribution in [0.15, 0.2) is 18.5 Å². The van der Waals surface area contributed by atoms with E-state index in [2.05, 4.69) is 15.2 Å². The fourth-order valence-electron chi connectivity index (χ4n) is 2.50. The highest BCUT2D eigenvalue weighted by Gasteiger charge is 2.19. The molecule has 2 heterocycles. The van der Waals surface area contributed by atoms with Gasteiger partial charge in [0.05, 0.1) is 17.4 Å². The lowest BCUT2D eigenvalue weighted by molar-refractivity contribution is -0.129. The molecule has 0 atom stereocenters. The number of likely N-dealkylation sites (N-methyl/N-ethyl adjacent to an activating group) is 1. The maximum absolute atomic E-state index is 12.2. The van der Waals surface area contributed by atoms with E-state index >= 15 is 0 Å². The fraction of sp³-hybridized carbons (Fsp3) is 0.562. The Bertz CT molecular complexity index is 553. The van der Waals surface area contributed by atoms with Crippen molar-refractivity contribution in [2.75, 3.05) is 58.3 Å². The molecule has 126 valence electrons. The topological polar surface area (TPSA) is 68.8 Å². The molecule has 0 radical (unpaired) electrons. The van der Waals surface area contributed by atoms with Crippen molar-refractivity contribution >= 4 is 17.5 Å². The number of amides is 2. The highest BCUT2D eigenvalue weighted by Crippen LogP contribution is 2.17. The second-order valence-electron chi connectivity index (χ2n) is 5.98. The van der Waals surface area contributed by atoms with Crippen LogP contribution in [0.25, 0.3) is 0 Å². The first kappa shape index (κ1) is 17.2. The van der Waals surface area contributed by atoms with Crippen molar-refractivity contribution in [2.24, 2.45) is 0 Å². The van der Waals surface area contributed by atoms with Gasteiger partial charge in [0.15, 0.2) is 0 Å². The van der Waals surface area contributed by atoms with Crippen LogP contribution in [-0.4, -0.2) is 80.0 Å². The average molecular weight is 319 g/mol. The first-order valence-corrected chi connectivity index (χ1v) is 7.86. The number of hydrogen-bond acceptors (Lipinski definition) is 5. The molecule has 1 N–H and O–H groups in total. The summed E-state index contributed by atoms with van der Waals surface area (Å²) in [4.78, 5) is 33.7. The van der Waals surface area contributed by atoms with Gasteiger partial charge in [-0.3, -0.25) is 14.6 Å². The van der Waals surface area contributed by atoms with Gasteiger partial charge >= 0.3 is 0 Å². The van der Waals surface area contributed by atoms with Gasteiger partial charge in [0.2, 0.25) is 5.91 Å². The molecule has 0 bridgehead atoms. The minimum Gasteiger partial charge on any atom is -0.367 e. The Morgan fingerprint density at radius 3 is 2.52 bits per heavy atom. The third-order valence-corrected chi connectivity index (χ3v) is 3.92. The maximum atomic E-state index is 12.2. The van der Waals surface area contributed by atoms with E-state index in [-0.39, 0.29) is 11.8 Å². The van der Waals surface area contributed by atoms with Gasteiger partial charge in [-0.05, 0) is 20.2 Å². The molecule has 1 saturated heterocycles. The highest BCUT2D eigenvalue weighted by molar-refractivity contribution is 5.94. The highest BCUT2D eigenvalue weighted by atomic mass is 16.2. The molecular weight excluding hydrogens is 294 g/mol. The molecule has 0 saturated carbocycles. The quantitative estimate of drug-likeness (QED) is 0.830. The molecule has 1 aromatic heterocycles. The second-order valence-corrected chi connectivity index (χ2v) is 5.98. The summed E-state index contributed by atoms with van der Waals surface area (Å²) in [6.45, 7) is 5.91. The number of carbonyl (C=O) groups is 2. The molecular formula is C16H25N5O2. The molecule has 1 aliphatic rings. The number of anilines is 1. The summed E-state index contributed by atoms with van der Waals surface area (Å²) in [5, 5.41) is 2.89. The van der Waals surface area contributed by atoms with E-state index in [0.717, 1.165) is 25.3 Å². The zero-order valence-electron chi connectivity index (χ0n) is 14.1. The molecule has 7 nitrogen and oxygen atoms in total. The molecule has 0 spiro atoms. The van der Waals surface area contributed by atoms with Crippen LogP contribution in [0, 0.1) is 0 Å². The smallest absolute Gasteiger partial charge is 0.252 e. The standard InChI is InChI=1S/C16H25N5O2/c1-13(22)20-6-8-21(9-7-20)15-10-14(11-17-12-15)16(23)18-4-5-19(2)3/h10-12H,4-9H2,1-3H3,(H,18,23). The number of piperazine rings is 1. The summed E-state index contributed by atoms with van der Waals surface area (Å²) in [5.41, 5.74) is 1.49. The van der Waals surface area contributed by atoms with Crippen molar-refractivity contribution in [3.8, 4) is 0 Å². The van der Waals surface area contributed by atoms with Gasteiger partial charge in [-0.2, -0.15) is 0 Å². The van der Waals surface area contributed by atoms with Crippen LogP contribution in [0.5, 0.6) is 0 Å². The monoisotopic (exact) mass is 319 g/mol. The molecule has 1 fully saturated rings. The number of carbonyl (C=O) groups excluding carboxylic acids is 2. The van der Waals surface area contributed by atoms with E-state index in [9.17, 15) is 9.59 Å². The van der Waals surface area contributed by atoms with Gasteiger partial charge in [0.1, 0.15) is 0 Å².